The number of benzene rings is 1. The van der Waals surface area contributed by atoms with E-state index in [9.17, 15) is 0 Å². The quantitative estimate of drug-likeness (QED) is 0.536. The number of hydrogen-bond donors (Lipinski definition) is 0. The van der Waals surface area contributed by atoms with Crippen LogP contribution in [-0.4, -0.2) is 24.5 Å². The fourth-order valence-corrected chi connectivity index (χ4v) is 3.18. The molecule has 0 aliphatic heterocycles. The molecule has 0 fully saturated rings. The van der Waals surface area contributed by atoms with Gasteiger partial charge in [-0.2, -0.15) is 0 Å². The number of aryl methyl sites for hydroxylation is 1. The summed E-state index contributed by atoms with van der Waals surface area (Å²) in [5, 5.41) is 1.14. The van der Waals surface area contributed by atoms with Gasteiger partial charge in [-0.25, -0.2) is 15.0 Å². The maximum absolute atomic E-state index is 4.52. The molecule has 23 heavy (non-hydrogen) atoms. The Balaban J connectivity index is 1.89. The summed E-state index contributed by atoms with van der Waals surface area (Å²) in [4.78, 5) is 17.6. The van der Waals surface area contributed by atoms with Crippen molar-refractivity contribution in [3.8, 4) is 0 Å². The standard InChI is InChI=1S/C17H14BrN5/c1-10-6-14-12(4-3-5-19-14)7-13(10)11(2)23-9-21-16-17(23)22-15(18)8-20-16/h3-9,11H,1-2H3. The van der Waals surface area contributed by atoms with E-state index in [1.807, 2.05) is 12.3 Å². The molecule has 0 saturated carbocycles. The highest BCUT2D eigenvalue weighted by Gasteiger charge is 2.16. The summed E-state index contributed by atoms with van der Waals surface area (Å²) in [6.45, 7) is 4.26. The molecule has 0 aliphatic rings. The van der Waals surface area contributed by atoms with Crippen LogP contribution in [0.4, 0.5) is 0 Å². The van der Waals surface area contributed by atoms with Crippen LogP contribution in [0.3, 0.4) is 0 Å². The predicted molar refractivity (Wildman–Crippen MR) is 93.3 cm³/mol. The molecule has 1 atom stereocenters. The minimum Gasteiger partial charge on any atom is -0.306 e. The Bertz CT molecular complexity index is 1020. The fraction of sp³-hybridized carbons (Fsp3) is 0.176. The summed E-state index contributed by atoms with van der Waals surface area (Å²) >= 11 is 3.38. The Morgan fingerprint density at radius 1 is 1.17 bits per heavy atom. The molecule has 0 spiro atoms. The summed E-state index contributed by atoms with van der Waals surface area (Å²) < 4.78 is 2.76. The zero-order valence-corrected chi connectivity index (χ0v) is 14.3. The lowest BCUT2D eigenvalue weighted by Crippen LogP contribution is -2.08. The first-order valence-corrected chi connectivity index (χ1v) is 8.13. The lowest BCUT2D eigenvalue weighted by Gasteiger charge is -2.17. The lowest BCUT2D eigenvalue weighted by molar-refractivity contribution is 0.649. The van der Waals surface area contributed by atoms with Crippen molar-refractivity contribution in [2.75, 3.05) is 0 Å². The molecule has 3 aromatic heterocycles. The molecule has 0 radical (unpaired) electrons. The number of nitrogens with zero attached hydrogens (tertiary/aromatic N) is 5. The second-order valence-corrected chi connectivity index (χ2v) is 6.39. The van der Waals surface area contributed by atoms with E-state index in [2.05, 4.69) is 72.5 Å². The van der Waals surface area contributed by atoms with Gasteiger partial charge in [-0.05, 0) is 59.1 Å². The Morgan fingerprint density at radius 2 is 2.04 bits per heavy atom. The number of aromatic nitrogens is 5. The zero-order chi connectivity index (χ0) is 16.0. The lowest BCUT2D eigenvalue weighted by atomic mass is 9.99. The average molecular weight is 368 g/mol. The molecule has 114 valence electrons. The van der Waals surface area contributed by atoms with Crippen LogP contribution in [0.15, 0.2) is 47.6 Å². The van der Waals surface area contributed by atoms with E-state index in [1.165, 1.54) is 11.1 Å². The van der Waals surface area contributed by atoms with Crippen LogP contribution in [0.1, 0.15) is 24.1 Å². The Hall–Kier alpha value is -2.34. The summed E-state index contributed by atoms with van der Waals surface area (Å²) in [6, 6.07) is 8.47. The van der Waals surface area contributed by atoms with Crippen LogP contribution in [0.5, 0.6) is 0 Å². The number of halogens is 1. The molecule has 4 aromatic rings. The van der Waals surface area contributed by atoms with Gasteiger partial charge in [-0.1, -0.05) is 6.07 Å². The van der Waals surface area contributed by atoms with Crippen LogP contribution in [-0.2, 0) is 0 Å². The second kappa shape index (κ2) is 5.38. The summed E-state index contributed by atoms with van der Waals surface area (Å²) in [6.07, 6.45) is 5.29. The van der Waals surface area contributed by atoms with E-state index in [1.54, 1.807) is 12.5 Å². The van der Waals surface area contributed by atoms with E-state index in [4.69, 9.17) is 0 Å². The topological polar surface area (TPSA) is 56.5 Å². The van der Waals surface area contributed by atoms with Crippen molar-refractivity contribution in [2.24, 2.45) is 0 Å². The molecule has 0 aliphatic carbocycles. The van der Waals surface area contributed by atoms with E-state index >= 15 is 0 Å². The minimum atomic E-state index is 0.105. The first kappa shape index (κ1) is 14.3. The third-order valence-corrected chi connectivity index (χ3v) is 4.50. The van der Waals surface area contributed by atoms with Gasteiger partial charge in [0.15, 0.2) is 11.3 Å². The molecule has 4 rings (SSSR count). The molecular weight excluding hydrogens is 354 g/mol. The van der Waals surface area contributed by atoms with Crippen LogP contribution in [0.25, 0.3) is 22.2 Å². The van der Waals surface area contributed by atoms with E-state index < -0.39 is 0 Å². The van der Waals surface area contributed by atoms with Gasteiger partial charge in [0.25, 0.3) is 0 Å². The summed E-state index contributed by atoms with van der Waals surface area (Å²) in [5.74, 6) is 0. The molecule has 5 nitrogen and oxygen atoms in total. The number of fused-ring (bicyclic) bond motifs is 2. The van der Waals surface area contributed by atoms with Gasteiger partial charge in [-0.15, -0.1) is 0 Å². The van der Waals surface area contributed by atoms with Crippen molar-refractivity contribution in [2.45, 2.75) is 19.9 Å². The number of hydrogen-bond acceptors (Lipinski definition) is 4. The second-order valence-electron chi connectivity index (χ2n) is 5.57. The highest BCUT2D eigenvalue weighted by atomic mass is 79.9. The highest BCUT2D eigenvalue weighted by Crippen LogP contribution is 2.28. The maximum atomic E-state index is 4.52. The van der Waals surface area contributed by atoms with Crippen LogP contribution in [0, 0.1) is 6.92 Å². The van der Waals surface area contributed by atoms with E-state index in [0.717, 1.165) is 16.6 Å². The third kappa shape index (κ3) is 2.39. The Morgan fingerprint density at radius 3 is 2.91 bits per heavy atom. The molecule has 6 heteroatoms. The van der Waals surface area contributed by atoms with Gasteiger partial charge in [0.1, 0.15) is 4.60 Å². The van der Waals surface area contributed by atoms with Crippen molar-refractivity contribution < 1.29 is 0 Å². The number of imidazole rings is 1. The molecule has 0 amide bonds. The molecular formula is C17H14BrN5. The molecule has 1 aromatic carbocycles. The normalized spacial score (nSPS) is 12.8. The van der Waals surface area contributed by atoms with Crippen LogP contribution >= 0.6 is 15.9 Å². The first-order chi connectivity index (χ1) is 11.1. The van der Waals surface area contributed by atoms with Crippen molar-refractivity contribution >= 4 is 38.1 Å². The van der Waals surface area contributed by atoms with Gasteiger partial charge >= 0.3 is 0 Å². The van der Waals surface area contributed by atoms with Crippen molar-refractivity contribution in [3.05, 3.63) is 58.7 Å². The van der Waals surface area contributed by atoms with Gasteiger partial charge in [0.2, 0.25) is 0 Å². The third-order valence-electron chi connectivity index (χ3n) is 4.11. The highest BCUT2D eigenvalue weighted by molar-refractivity contribution is 9.10. The van der Waals surface area contributed by atoms with Crippen molar-refractivity contribution in [1.29, 1.82) is 0 Å². The van der Waals surface area contributed by atoms with Crippen LogP contribution in [0.2, 0.25) is 0 Å². The van der Waals surface area contributed by atoms with Gasteiger partial charge < -0.3 is 4.57 Å². The van der Waals surface area contributed by atoms with Gasteiger partial charge in [-0.3, -0.25) is 4.98 Å². The SMILES string of the molecule is Cc1cc2ncccc2cc1C(C)n1cnc2ncc(Br)nc21. The van der Waals surface area contributed by atoms with Crippen molar-refractivity contribution in [1.82, 2.24) is 24.5 Å². The molecule has 3 heterocycles. The van der Waals surface area contributed by atoms with Gasteiger partial charge in [0.05, 0.1) is 24.1 Å². The predicted octanol–water partition coefficient (Wildman–Crippen LogP) is 4.05. The zero-order valence-electron chi connectivity index (χ0n) is 12.7. The fourth-order valence-electron chi connectivity index (χ4n) is 2.91. The Kier molecular flexibility index (Phi) is 3.34. The molecule has 0 bridgehead atoms. The summed E-state index contributed by atoms with van der Waals surface area (Å²) in [7, 11) is 0. The molecule has 0 saturated heterocycles. The molecule has 1 unspecified atom stereocenters. The maximum Gasteiger partial charge on any atom is 0.197 e. The number of rotatable bonds is 2. The van der Waals surface area contributed by atoms with Gasteiger partial charge in [0, 0.05) is 11.6 Å². The smallest absolute Gasteiger partial charge is 0.197 e. The van der Waals surface area contributed by atoms with E-state index in [-0.39, 0.29) is 6.04 Å². The van der Waals surface area contributed by atoms with Crippen molar-refractivity contribution in [3.63, 3.8) is 0 Å². The molecule has 0 N–H and O–H groups in total. The monoisotopic (exact) mass is 367 g/mol. The largest absolute Gasteiger partial charge is 0.306 e. The van der Waals surface area contributed by atoms with Crippen LogP contribution < -0.4 is 0 Å². The first-order valence-electron chi connectivity index (χ1n) is 7.34. The summed E-state index contributed by atoms with van der Waals surface area (Å²) in [5.41, 5.74) is 4.87. The average Bonchev–Trinajstić information content (AvgIpc) is 2.96. The van der Waals surface area contributed by atoms with E-state index in [0.29, 0.717) is 10.3 Å². The Labute approximate surface area is 141 Å². The number of pyridine rings is 1. The minimum absolute atomic E-state index is 0.105.